The molecule has 0 amide bonds. The summed E-state index contributed by atoms with van der Waals surface area (Å²) in [6.45, 7) is 1.49. The van der Waals surface area contributed by atoms with Gasteiger partial charge in [-0.25, -0.2) is 4.98 Å². The first-order chi connectivity index (χ1) is 16.0. The maximum absolute atomic E-state index is 13.5. The van der Waals surface area contributed by atoms with Crippen molar-refractivity contribution in [3.8, 4) is 11.8 Å². The van der Waals surface area contributed by atoms with Crippen molar-refractivity contribution in [2.45, 2.75) is 13.1 Å². The number of nitriles is 1. The number of nitrogens with one attached hydrogen (secondary N) is 1. The molecule has 1 heterocycles. The second-order valence-corrected chi connectivity index (χ2v) is 6.82. The SMILES string of the molecule is COc1ccc(Nc2nc(N)c(C#N)c(C)c2/N=N/c2ccc([N+](=O)[O-])cc2C(F)(F)F)cc1. The van der Waals surface area contributed by atoms with Crippen molar-refractivity contribution in [2.24, 2.45) is 10.2 Å². The molecular weight excluding hydrogens is 455 g/mol. The molecule has 0 atom stereocenters. The Bertz CT molecular complexity index is 1320. The third-order valence-corrected chi connectivity index (χ3v) is 4.66. The van der Waals surface area contributed by atoms with Crippen LogP contribution in [0.2, 0.25) is 0 Å². The fourth-order valence-corrected chi connectivity index (χ4v) is 2.93. The number of hydrogen-bond donors (Lipinski definition) is 2. The summed E-state index contributed by atoms with van der Waals surface area (Å²) in [6.07, 6.45) is -4.92. The van der Waals surface area contributed by atoms with Gasteiger partial charge in [-0.15, -0.1) is 10.2 Å². The van der Waals surface area contributed by atoms with Crippen LogP contribution in [0.15, 0.2) is 52.7 Å². The predicted octanol–water partition coefficient (Wildman–Crippen LogP) is 5.94. The number of hydrogen-bond acceptors (Lipinski definition) is 9. The fourth-order valence-electron chi connectivity index (χ4n) is 2.93. The summed E-state index contributed by atoms with van der Waals surface area (Å²) < 4.78 is 45.5. The van der Waals surface area contributed by atoms with Crippen LogP contribution in [0, 0.1) is 28.4 Å². The summed E-state index contributed by atoms with van der Waals surface area (Å²) in [5.74, 6) is 0.520. The zero-order valence-electron chi connectivity index (χ0n) is 17.7. The molecule has 0 aliphatic heterocycles. The molecule has 0 fully saturated rings. The molecule has 3 rings (SSSR count). The van der Waals surface area contributed by atoms with Gasteiger partial charge in [0.1, 0.15) is 23.3 Å². The van der Waals surface area contributed by atoms with Gasteiger partial charge < -0.3 is 15.8 Å². The lowest BCUT2D eigenvalue weighted by molar-refractivity contribution is -0.385. The van der Waals surface area contributed by atoms with Crippen molar-refractivity contribution in [3.63, 3.8) is 0 Å². The molecule has 0 radical (unpaired) electrons. The number of nitrogens with two attached hydrogens (primary N) is 1. The summed E-state index contributed by atoms with van der Waals surface area (Å²) in [5.41, 5.74) is 3.83. The number of benzene rings is 2. The van der Waals surface area contributed by atoms with Crippen LogP contribution in [0.25, 0.3) is 0 Å². The number of non-ortho nitro benzene ring substituents is 1. The Balaban J connectivity index is 2.12. The summed E-state index contributed by atoms with van der Waals surface area (Å²) in [4.78, 5) is 14.1. The Hall–Kier alpha value is -4.73. The molecule has 3 aromatic rings. The van der Waals surface area contributed by atoms with Gasteiger partial charge in [-0.3, -0.25) is 10.1 Å². The van der Waals surface area contributed by atoms with E-state index in [1.54, 1.807) is 24.3 Å². The van der Waals surface area contributed by atoms with Gasteiger partial charge in [0, 0.05) is 23.4 Å². The number of rotatable bonds is 6. The molecule has 3 N–H and O–H groups in total. The Labute approximate surface area is 190 Å². The van der Waals surface area contributed by atoms with E-state index in [9.17, 15) is 28.5 Å². The lowest BCUT2D eigenvalue weighted by Gasteiger charge is -2.13. The molecular formula is C21H16F3N7O3. The number of nitrogens with zero attached hydrogens (tertiary/aromatic N) is 5. The third-order valence-electron chi connectivity index (χ3n) is 4.66. The highest BCUT2D eigenvalue weighted by Gasteiger charge is 2.35. The smallest absolute Gasteiger partial charge is 0.418 e. The van der Waals surface area contributed by atoms with Gasteiger partial charge in [0.2, 0.25) is 0 Å². The van der Waals surface area contributed by atoms with Crippen LogP contribution in [0.3, 0.4) is 0 Å². The van der Waals surface area contributed by atoms with Crippen LogP contribution in [-0.2, 0) is 6.18 Å². The monoisotopic (exact) mass is 471 g/mol. The average molecular weight is 471 g/mol. The zero-order valence-corrected chi connectivity index (χ0v) is 17.7. The molecule has 0 saturated carbocycles. The van der Waals surface area contributed by atoms with Crippen molar-refractivity contribution < 1.29 is 22.8 Å². The van der Waals surface area contributed by atoms with E-state index in [0.29, 0.717) is 17.5 Å². The van der Waals surface area contributed by atoms with Gasteiger partial charge in [0.25, 0.3) is 5.69 Å². The largest absolute Gasteiger partial charge is 0.497 e. The topological polar surface area (TPSA) is 152 Å². The maximum Gasteiger partial charge on any atom is 0.418 e. The highest BCUT2D eigenvalue weighted by molar-refractivity contribution is 5.77. The van der Waals surface area contributed by atoms with Crippen LogP contribution < -0.4 is 15.8 Å². The molecule has 0 unspecified atom stereocenters. The Morgan fingerprint density at radius 2 is 1.88 bits per heavy atom. The van der Waals surface area contributed by atoms with Crippen molar-refractivity contribution in [2.75, 3.05) is 18.2 Å². The Morgan fingerprint density at radius 3 is 2.44 bits per heavy atom. The van der Waals surface area contributed by atoms with Crippen LogP contribution >= 0.6 is 0 Å². The van der Waals surface area contributed by atoms with E-state index in [-0.39, 0.29) is 28.5 Å². The summed E-state index contributed by atoms with van der Waals surface area (Å²) in [6, 6.07) is 10.6. The number of methoxy groups -OCH3 is 1. The van der Waals surface area contributed by atoms with E-state index in [2.05, 4.69) is 20.5 Å². The molecule has 2 aromatic carbocycles. The van der Waals surface area contributed by atoms with E-state index < -0.39 is 28.0 Å². The van der Waals surface area contributed by atoms with Crippen LogP contribution in [-0.4, -0.2) is 17.0 Å². The van der Waals surface area contributed by atoms with Crippen LogP contribution in [0.4, 0.5) is 47.6 Å². The van der Waals surface area contributed by atoms with E-state index >= 15 is 0 Å². The van der Waals surface area contributed by atoms with Gasteiger partial charge in [0.15, 0.2) is 5.82 Å². The second kappa shape index (κ2) is 9.41. The number of pyridine rings is 1. The minimum atomic E-state index is -4.92. The number of nitro benzene ring substituents is 1. The van der Waals surface area contributed by atoms with Crippen molar-refractivity contribution in [1.82, 2.24) is 4.98 Å². The van der Waals surface area contributed by atoms with Gasteiger partial charge >= 0.3 is 6.18 Å². The van der Waals surface area contributed by atoms with Gasteiger partial charge in [-0.1, -0.05) is 0 Å². The average Bonchev–Trinajstić information content (AvgIpc) is 2.78. The van der Waals surface area contributed by atoms with Gasteiger partial charge in [-0.05, 0) is 37.3 Å². The molecule has 0 bridgehead atoms. The summed E-state index contributed by atoms with van der Waals surface area (Å²) in [5, 5.41) is 30.8. The first-order valence-electron chi connectivity index (χ1n) is 9.43. The molecule has 13 heteroatoms. The number of aromatic nitrogens is 1. The van der Waals surface area contributed by atoms with E-state index in [4.69, 9.17) is 10.5 Å². The van der Waals surface area contributed by atoms with Crippen molar-refractivity contribution >= 4 is 34.4 Å². The number of nitrogen functional groups attached to an aromatic ring is 1. The quantitative estimate of drug-likeness (QED) is 0.256. The summed E-state index contributed by atoms with van der Waals surface area (Å²) >= 11 is 0. The van der Waals surface area contributed by atoms with Gasteiger partial charge in [-0.2, -0.15) is 18.4 Å². The number of halogens is 3. The normalized spacial score (nSPS) is 11.3. The molecule has 174 valence electrons. The minimum absolute atomic E-state index is 0.0195. The second-order valence-electron chi connectivity index (χ2n) is 6.82. The number of ether oxygens (including phenoxy) is 1. The highest BCUT2D eigenvalue weighted by Crippen LogP contribution is 2.40. The molecule has 0 saturated heterocycles. The van der Waals surface area contributed by atoms with Gasteiger partial charge in [0.05, 0.1) is 28.8 Å². The number of anilines is 3. The Kier molecular flexibility index (Phi) is 6.62. The van der Waals surface area contributed by atoms with Crippen LogP contribution in [0.1, 0.15) is 16.7 Å². The number of azo groups is 1. The predicted molar refractivity (Wildman–Crippen MR) is 117 cm³/mol. The maximum atomic E-state index is 13.5. The standard InChI is InChI=1S/C21H16F3N7O3/c1-11-15(10-25)19(26)28-20(27-12-3-6-14(34-2)7-4-12)18(11)30-29-17-8-5-13(31(32)33)9-16(17)21(22,23)24/h3-9H,1-2H3,(H3,26,27,28)/b30-29+. The van der Waals surface area contributed by atoms with E-state index in [1.165, 1.54) is 14.0 Å². The minimum Gasteiger partial charge on any atom is -0.497 e. The van der Waals surface area contributed by atoms with Crippen molar-refractivity contribution in [1.29, 1.82) is 5.26 Å². The molecule has 1 aromatic heterocycles. The molecule has 0 aliphatic carbocycles. The van der Waals surface area contributed by atoms with E-state index in [0.717, 1.165) is 12.1 Å². The van der Waals surface area contributed by atoms with Crippen LogP contribution in [0.5, 0.6) is 5.75 Å². The third kappa shape index (κ3) is 5.01. The lowest BCUT2D eigenvalue weighted by Crippen LogP contribution is -2.06. The fraction of sp³-hybridized carbons (Fsp3) is 0.143. The highest BCUT2D eigenvalue weighted by atomic mass is 19.4. The summed E-state index contributed by atoms with van der Waals surface area (Å²) in [7, 11) is 1.50. The first kappa shape index (κ1) is 23.9. The Morgan fingerprint density at radius 1 is 1.21 bits per heavy atom. The molecule has 0 aliphatic rings. The van der Waals surface area contributed by atoms with Crippen molar-refractivity contribution in [3.05, 3.63) is 69.3 Å². The number of nitro groups is 1. The zero-order chi connectivity index (χ0) is 25.0. The van der Waals surface area contributed by atoms with E-state index in [1.807, 2.05) is 6.07 Å². The lowest BCUT2D eigenvalue weighted by atomic mass is 10.1. The molecule has 34 heavy (non-hydrogen) atoms. The molecule has 10 nitrogen and oxygen atoms in total. The number of alkyl halides is 3. The first-order valence-corrected chi connectivity index (χ1v) is 9.43. The molecule has 0 spiro atoms.